The summed E-state index contributed by atoms with van der Waals surface area (Å²) in [4.78, 5) is 0. The van der Waals surface area contributed by atoms with Gasteiger partial charge in [-0.15, -0.1) is 0 Å². The molecule has 2 rings (SSSR count). The van der Waals surface area contributed by atoms with Crippen LogP contribution < -0.4 is 10.5 Å². The number of aliphatic hydroxyl groups excluding tert-OH is 1. The van der Waals surface area contributed by atoms with Crippen LogP contribution in [0.1, 0.15) is 19.4 Å². The molecule has 0 bridgehead atoms. The van der Waals surface area contributed by atoms with Crippen molar-refractivity contribution in [2.24, 2.45) is 5.73 Å². The predicted molar refractivity (Wildman–Crippen MR) is 75.6 cm³/mol. The normalized spacial score (nSPS) is 26.4. The average molecular weight is 281 g/mol. The Kier molecular flexibility index (Phi) is 4.65. The molecule has 0 amide bonds. The van der Waals surface area contributed by atoms with Crippen LogP contribution >= 0.6 is 0 Å². The van der Waals surface area contributed by atoms with Crippen LogP contribution in [-0.2, 0) is 15.9 Å². The maximum Gasteiger partial charge on any atom is 0.163 e. The van der Waals surface area contributed by atoms with E-state index in [1.54, 1.807) is 7.11 Å². The minimum atomic E-state index is -0.699. The maximum atomic E-state index is 9.37. The first-order valence-electron chi connectivity index (χ1n) is 6.80. The van der Waals surface area contributed by atoms with Gasteiger partial charge in [0.05, 0.1) is 13.7 Å². The van der Waals surface area contributed by atoms with Crippen LogP contribution in [0.4, 0.5) is 0 Å². The molecular formula is C15H23NO4. The van der Waals surface area contributed by atoms with Gasteiger partial charge in [-0.3, -0.25) is 0 Å². The van der Waals surface area contributed by atoms with Crippen molar-refractivity contribution in [2.75, 3.05) is 13.7 Å². The maximum absolute atomic E-state index is 9.37. The Bertz CT molecular complexity index is 432. The van der Waals surface area contributed by atoms with Crippen molar-refractivity contribution >= 4 is 0 Å². The van der Waals surface area contributed by atoms with Crippen LogP contribution in [-0.4, -0.2) is 42.9 Å². The molecule has 0 radical (unpaired) electrons. The van der Waals surface area contributed by atoms with Gasteiger partial charge in [0.25, 0.3) is 0 Å². The molecule has 5 nitrogen and oxygen atoms in total. The minimum absolute atomic E-state index is 0.0928. The first-order chi connectivity index (χ1) is 9.45. The molecule has 1 heterocycles. The lowest BCUT2D eigenvalue weighted by molar-refractivity contribution is -0.150. The number of aliphatic hydroxyl groups is 1. The van der Waals surface area contributed by atoms with Crippen LogP contribution in [0, 0.1) is 0 Å². The second-order valence-corrected chi connectivity index (χ2v) is 5.54. The first kappa shape index (κ1) is 15.3. The number of benzene rings is 1. The van der Waals surface area contributed by atoms with Gasteiger partial charge in [0.2, 0.25) is 0 Å². The van der Waals surface area contributed by atoms with Crippen molar-refractivity contribution in [3.05, 3.63) is 29.8 Å². The van der Waals surface area contributed by atoms with Gasteiger partial charge in [-0.1, -0.05) is 12.1 Å². The molecular weight excluding hydrogens is 258 g/mol. The van der Waals surface area contributed by atoms with E-state index in [0.717, 1.165) is 11.3 Å². The van der Waals surface area contributed by atoms with Gasteiger partial charge in [0, 0.05) is 6.04 Å². The predicted octanol–water partition coefficient (Wildman–Crippen LogP) is 1.08. The molecule has 1 saturated heterocycles. The lowest BCUT2D eigenvalue weighted by atomic mass is 9.99. The van der Waals surface area contributed by atoms with Crippen molar-refractivity contribution < 1.29 is 19.3 Å². The molecule has 1 aromatic carbocycles. The molecule has 1 fully saturated rings. The topological polar surface area (TPSA) is 73.9 Å². The molecule has 0 aliphatic carbocycles. The van der Waals surface area contributed by atoms with E-state index in [4.69, 9.17) is 19.9 Å². The van der Waals surface area contributed by atoms with Crippen molar-refractivity contribution in [1.29, 1.82) is 0 Å². The zero-order chi connectivity index (χ0) is 14.8. The van der Waals surface area contributed by atoms with Crippen LogP contribution in [0.25, 0.3) is 0 Å². The Morgan fingerprint density at radius 3 is 2.50 bits per heavy atom. The highest BCUT2D eigenvalue weighted by Crippen LogP contribution is 2.30. The fourth-order valence-corrected chi connectivity index (χ4v) is 2.52. The summed E-state index contributed by atoms with van der Waals surface area (Å²) in [6.07, 6.45) is -0.0275. The highest BCUT2D eigenvalue weighted by Gasteiger charge is 2.43. The van der Waals surface area contributed by atoms with Crippen molar-refractivity contribution in [3.8, 4) is 5.75 Å². The highest BCUT2D eigenvalue weighted by molar-refractivity contribution is 5.27. The van der Waals surface area contributed by atoms with E-state index in [1.807, 2.05) is 38.1 Å². The summed E-state index contributed by atoms with van der Waals surface area (Å²) in [6, 6.07) is 7.53. The lowest BCUT2D eigenvalue weighted by Gasteiger charge is -2.22. The van der Waals surface area contributed by atoms with E-state index >= 15 is 0 Å². The summed E-state index contributed by atoms with van der Waals surface area (Å²) in [5, 5.41) is 9.37. The Hall–Kier alpha value is -1.14. The van der Waals surface area contributed by atoms with Gasteiger partial charge in [-0.2, -0.15) is 0 Å². The van der Waals surface area contributed by atoms with E-state index in [-0.39, 0.29) is 24.9 Å². The van der Waals surface area contributed by atoms with Gasteiger partial charge in [-0.05, 0) is 38.0 Å². The monoisotopic (exact) mass is 281 g/mol. The Balaban J connectivity index is 2.01. The fraction of sp³-hybridized carbons (Fsp3) is 0.600. The van der Waals surface area contributed by atoms with Crippen LogP contribution in [0.2, 0.25) is 0 Å². The molecule has 1 aromatic rings. The lowest BCUT2D eigenvalue weighted by Crippen LogP contribution is -2.44. The molecule has 112 valence electrons. The zero-order valence-electron chi connectivity index (χ0n) is 12.2. The van der Waals surface area contributed by atoms with E-state index in [9.17, 15) is 5.11 Å². The van der Waals surface area contributed by atoms with Crippen LogP contribution in [0.3, 0.4) is 0 Å². The zero-order valence-corrected chi connectivity index (χ0v) is 12.2. The summed E-state index contributed by atoms with van der Waals surface area (Å²) in [5.74, 6) is 0.118. The van der Waals surface area contributed by atoms with Gasteiger partial charge in [0.15, 0.2) is 5.79 Å². The smallest absolute Gasteiger partial charge is 0.163 e. The molecule has 0 spiro atoms. The van der Waals surface area contributed by atoms with Gasteiger partial charge in [-0.25, -0.2) is 0 Å². The van der Waals surface area contributed by atoms with E-state index < -0.39 is 5.79 Å². The molecule has 5 heteroatoms. The molecule has 0 aromatic heterocycles. The van der Waals surface area contributed by atoms with Crippen molar-refractivity contribution in [1.82, 2.24) is 0 Å². The number of nitrogens with two attached hydrogens (primary N) is 1. The van der Waals surface area contributed by atoms with E-state index in [1.165, 1.54) is 0 Å². The summed E-state index contributed by atoms with van der Waals surface area (Å²) in [7, 11) is 1.64. The summed E-state index contributed by atoms with van der Waals surface area (Å²) in [5.41, 5.74) is 7.32. The van der Waals surface area contributed by atoms with Crippen LogP contribution in [0.15, 0.2) is 24.3 Å². The van der Waals surface area contributed by atoms with Crippen LogP contribution in [0.5, 0.6) is 5.75 Å². The molecule has 1 aliphatic rings. The number of hydrogen-bond donors (Lipinski definition) is 2. The second-order valence-electron chi connectivity index (χ2n) is 5.54. The van der Waals surface area contributed by atoms with Gasteiger partial charge in [0.1, 0.15) is 18.0 Å². The third-order valence-corrected chi connectivity index (χ3v) is 3.45. The molecule has 1 aliphatic heterocycles. The second kappa shape index (κ2) is 6.10. The summed E-state index contributed by atoms with van der Waals surface area (Å²) in [6.45, 7) is 3.57. The molecule has 20 heavy (non-hydrogen) atoms. The third kappa shape index (κ3) is 3.49. The number of methoxy groups -OCH3 is 1. The third-order valence-electron chi connectivity index (χ3n) is 3.45. The quantitative estimate of drug-likeness (QED) is 0.845. The Morgan fingerprint density at radius 2 is 1.95 bits per heavy atom. The number of hydrogen-bond acceptors (Lipinski definition) is 5. The SMILES string of the molecule is COc1ccc(C[C@@H](N)[C@@H]2OC(C)(C)O[C@H]2CO)cc1. The van der Waals surface area contributed by atoms with Gasteiger partial charge < -0.3 is 25.1 Å². The fourth-order valence-electron chi connectivity index (χ4n) is 2.52. The Morgan fingerprint density at radius 1 is 1.30 bits per heavy atom. The first-order valence-corrected chi connectivity index (χ1v) is 6.80. The largest absolute Gasteiger partial charge is 0.497 e. The van der Waals surface area contributed by atoms with Crippen molar-refractivity contribution in [3.63, 3.8) is 0 Å². The van der Waals surface area contributed by atoms with Gasteiger partial charge >= 0.3 is 0 Å². The Labute approximate surface area is 119 Å². The molecule has 3 N–H and O–H groups in total. The van der Waals surface area contributed by atoms with E-state index in [2.05, 4.69) is 0 Å². The summed E-state index contributed by atoms with van der Waals surface area (Å²) < 4.78 is 16.6. The molecule has 0 unspecified atom stereocenters. The highest BCUT2D eigenvalue weighted by atomic mass is 16.8. The molecule has 3 atom stereocenters. The average Bonchev–Trinajstić information content (AvgIpc) is 2.75. The summed E-state index contributed by atoms with van der Waals surface area (Å²) >= 11 is 0. The number of rotatable bonds is 5. The standard InChI is InChI=1S/C15H23NO4/c1-15(2)19-13(9-17)14(20-15)12(16)8-10-4-6-11(18-3)7-5-10/h4-7,12-14,17H,8-9,16H2,1-3H3/t12-,13+,14+/m1/s1. The van der Waals surface area contributed by atoms with Crippen molar-refractivity contribution in [2.45, 2.75) is 44.3 Å². The number of ether oxygens (including phenoxy) is 3. The molecule has 0 saturated carbocycles. The minimum Gasteiger partial charge on any atom is -0.497 e. The van der Waals surface area contributed by atoms with E-state index in [0.29, 0.717) is 6.42 Å².